The first-order chi connectivity index (χ1) is 6.81. The molecule has 1 heterocycles. The highest BCUT2D eigenvalue weighted by Gasteiger charge is 2.11. The first kappa shape index (κ1) is 8.88. The Morgan fingerprint density at radius 2 is 2.36 bits per heavy atom. The molecule has 72 valence electrons. The number of fused-ring (bicyclic) bond motifs is 1. The third-order valence-electron chi connectivity index (χ3n) is 2.33. The van der Waals surface area contributed by atoms with Crippen LogP contribution in [0.3, 0.4) is 0 Å². The van der Waals surface area contributed by atoms with E-state index in [0.29, 0.717) is 5.75 Å². The van der Waals surface area contributed by atoms with Gasteiger partial charge in [-0.15, -0.1) is 6.58 Å². The second-order valence-electron chi connectivity index (χ2n) is 3.34. The normalized spacial score (nSPS) is 13.9. The third-order valence-corrected chi connectivity index (χ3v) is 2.33. The van der Waals surface area contributed by atoms with Gasteiger partial charge in [-0.3, -0.25) is 0 Å². The SMILES string of the molecule is C=CCN1CC=Cc2ccc(O)cc21. The van der Waals surface area contributed by atoms with Gasteiger partial charge in [0.25, 0.3) is 0 Å². The van der Waals surface area contributed by atoms with Crippen molar-refractivity contribution >= 4 is 11.8 Å². The van der Waals surface area contributed by atoms with Crippen LogP contribution in [0.25, 0.3) is 6.08 Å². The summed E-state index contributed by atoms with van der Waals surface area (Å²) in [5.41, 5.74) is 2.23. The molecule has 0 fully saturated rings. The Bertz CT molecular complexity index is 382. The van der Waals surface area contributed by atoms with Gasteiger partial charge < -0.3 is 10.0 Å². The molecule has 0 radical (unpaired) electrons. The molecule has 0 aliphatic carbocycles. The fourth-order valence-corrected chi connectivity index (χ4v) is 1.68. The van der Waals surface area contributed by atoms with Crippen molar-refractivity contribution in [2.45, 2.75) is 0 Å². The molecular formula is C12H13NO. The summed E-state index contributed by atoms with van der Waals surface area (Å²) in [4.78, 5) is 2.17. The van der Waals surface area contributed by atoms with Crippen molar-refractivity contribution in [2.75, 3.05) is 18.0 Å². The smallest absolute Gasteiger partial charge is 0.117 e. The van der Waals surface area contributed by atoms with Gasteiger partial charge in [0.15, 0.2) is 0 Å². The molecule has 2 heteroatoms. The van der Waals surface area contributed by atoms with Crippen LogP contribution in [0, 0.1) is 0 Å². The van der Waals surface area contributed by atoms with Crippen LogP contribution in [0.2, 0.25) is 0 Å². The van der Waals surface area contributed by atoms with Crippen LogP contribution < -0.4 is 4.90 Å². The number of hydrogen-bond donors (Lipinski definition) is 1. The largest absolute Gasteiger partial charge is 0.508 e. The molecule has 0 atom stereocenters. The summed E-state index contributed by atoms with van der Waals surface area (Å²) < 4.78 is 0. The first-order valence-electron chi connectivity index (χ1n) is 4.66. The summed E-state index contributed by atoms with van der Waals surface area (Å²) in [5, 5.41) is 9.40. The second kappa shape index (κ2) is 3.58. The van der Waals surface area contributed by atoms with Gasteiger partial charge in [-0.1, -0.05) is 18.2 Å². The van der Waals surface area contributed by atoms with E-state index < -0.39 is 0 Å². The Hall–Kier alpha value is -1.70. The molecule has 0 spiro atoms. The van der Waals surface area contributed by atoms with E-state index >= 15 is 0 Å². The van der Waals surface area contributed by atoms with Gasteiger partial charge in [-0.2, -0.15) is 0 Å². The lowest BCUT2D eigenvalue weighted by Crippen LogP contribution is -2.25. The summed E-state index contributed by atoms with van der Waals surface area (Å²) in [6.45, 7) is 5.41. The van der Waals surface area contributed by atoms with Crippen LogP contribution in [-0.4, -0.2) is 18.2 Å². The molecule has 0 saturated carbocycles. The van der Waals surface area contributed by atoms with Crippen molar-refractivity contribution in [3.05, 3.63) is 42.5 Å². The van der Waals surface area contributed by atoms with Gasteiger partial charge in [0.2, 0.25) is 0 Å². The highest BCUT2D eigenvalue weighted by molar-refractivity contribution is 5.72. The molecule has 2 rings (SSSR count). The van der Waals surface area contributed by atoms with Gasteiger partial charge in [-0.05, 0) is 17.7 Å². The first-order valence-corrected chi connectivity index (χ1v) is 4.66. The lowest BCUT2D eigenvalue weighted by molar-refractivity contribution is 0.475. The van der Waals surface area contributed by atoms with Crippen LogP contribution in [0.5, 0.6) is 5.75 Å². The quantitative estimate of drug-likeness (QED) is 0.719. The summed E-state index contributed by atoms with van der Waals surface area (Å²) in [7, 11) is 0. The van der Waals surface area contributed by atoms with Gasteiger partial charge in [0, 0.05) is 24.8 Å². The lowest BCUT2D eigenvalue weighted by Gasteiger charge is -2.26. The number of hydrogen-bond acceptors (Lipinski definition) is 2. The van der Waals surface area contributed by atoms with Crippen LogP contribution in [0.4, 0.5) is 5.69 Å². The van der Waals surface area contributed by atoms with Crippen LogP contribution >= 0.6 is 0 Å². The monoisotopic (exact) mass is 187 g/mol. The highest BCUT2D eigenvalue weighted by atomic mass is 16.3. The summed E-state index contributed by atoms with van der Waals surface area (Å²) in [6, 6.07) is 5.43. The van der Waals surface area contributed by atoms with E-state index in [-0.39, 0.29) is 0 Å². The van der Waals surface area contributed by atoms with Gasteiger partial charge >= 0.3 is 0 Å². The van der Waals surface area contributed by atoms with Crippen molar-refractivity contribution in [1.82, 2.24) is 0 Å². The van der Waals surface area contributed by atoms with E-state index in [4.69, 9.17) is 0 Å². The maximum Gasteiger partial charge on any atom is 0.117 e. The molecule has 1 N–H and O–H groups in total. The zero-order valence-electron chi connectivity index (χ0n) is 7.98. The van der Waals surface area contributed by atoms with Crippen molar-refractivity contribution < 1.29 is 5.11 Å². The molecule has 0 aromatic heterocycles. The molecule has 14 heavy (non-hydrogen) atoms. The molecule has 2 nitrogen and oxygen atoms in total. The van der Waals surface area contributed by atoms with Crippen LogP contribution in [-0.2, 0) is 0 Å². The Kier molecular flexibility index (Phi) is 2.27. The second-order valence-corrected chi connectivity index (χ2v) is 3.34. The number of anilines is 1. The van der Waals surface area contributed by atoms with E-state index in [1.54, 1.807) is 12.1 Å². The Balaban J connectivity index is 2.42. The fourth-order valence-electron chi connectivity index (χ4n) is 1.68. The van der Waals surface area contributed by atoms with Crippen molar-refractivity contribution in [3.63, 3.8) is 0 Å². The number of benzene rings is 1. The van der Waals surface area contributed by atoms with Crippen LogP contribution in [0.1, 0.15) is 5.56 Å². The van der Waals surface area contributed by atoms with Crippen molar-refractivity contribution in [1.29, 1.82) is 0 Å². The molecule has 0 bridgehead atoms. The summed E-state index contributed by atoms with van der Waals surface area (Å²) in [6.07, 6.45) is 6.06. The number of phenolic OH excluding ortho intramolecular Hbond substituents is 1. The number of aromatic hydroxyl groups is 1. The Labute approximate surface area is 83.8 Å². The minimum absolute atomic E-state index is 0.313. The summed E-state index contributed by atoms with van der Waals surface area (Å²) in [5.74, 6) is 0.313. The van der Waals surface area contributed by atoms with E-state index in [9.17, 15) is 5.11 Å². The van der Waals surface area contributed by atoms with E-state index in [1.807, 2.05) is 12.1 Å². The van der Waals surface area contributed by atoms with Crippen LogP contribution in [0.15, 0.2) is 36.9 Å². The lowest BCUT2D eigenvalue weighted by atomic mass is 10.1. The Morgan fingerprint density at radius 3 is 3.14 bits per heavy atom. The molecular weight excluding hydrogens is 174 g/mol. The number of rotatable bonds is 2. The Morgan fingerprint density at radius 1 is 1.50 bits per heavy atom. The highest BCUT2D eigenvalue weighted by Crippen LogP contribution is 2.29. The zero-order chi connectivity index (χ0) is 9.97. The standard InChI is InChI=1S/C12H13NO/c1-2-7-13-8-3-4-10-5-6-11(14)9-12(10)13/h2-6,9,14H,1,7-8H2. The summed E-state index contributed by atoms with van der Waals surface area (Å²) >= 11 is 0. The molecule has 0 unspecified atom stereocenters. The fraction of sp³-hybridized carbons (Fsp3) is 0.167. The molecule has 1 aromatic carbocycles. The van der Waals surface area contributed by atoms with E-state index in [0.717, 1.165) is 24.3 Å². The topological polar surface area (TPSA) is 23.5 Å². The molecule has 0 saturated heterocycles. The average Bonchev–Trinajstić information content (AvgIpc) is 2.19. The maximum atomic E-state index is 9.40. The minimum atomic E-state index is 0.313. The van der Waals surface area contributed by atoms with E-state index in [1.165, 1.54) is 0 Å². The van der Waals surface area contributed by atoms with Gasteiger partial charge in [0.1, 0.15) is 5.75 Å². The zero-order valence-corrected chi connectivity index (χ0v) is 7.98. The number of phenols is 1. The predicted octanol–water partition coefficient (Wildman–Crippen LogP) is 2.41. The molecule has 1 aromatic rings. The maximum absolute atomic E-state index is 9.40. The van der Waals surface area contributed by atoms with Gasteiger partial charge in [0.05, 0.1) is 0 Å². The average molecular weight is 187 g/mol. The third kappa shape index (κ3) is 1.51. The molecule has 1 aliphatic rings. The van der Waals surface area contributed by atoms with Gasteiger partial charge in [-0.25, -0.2) is 0 Å². The molecule has 1 aliphatic heterocycles. The van der Waals surface area contributed by atoms with Crippen molar-refractivity contribution in [2.24, 2.45) is 0 Å². The predicted molar refractivity (Wildman–Crippen MR) is 59.6 cm³/mol. The number of nitrogens with zero attached hydrogens (tertiary/aromatic N) is 1. The minimum Gasteiger partial charge on any atom is -0.508 e. The van der Waals surface area contributed by atoms with E-state index in [2.05, 4.69) is 23.6 Å². The molecule has 0 amide bonds. The van der Waals surface area contributed by atoms with Crippen molar-refractivity contribution in [3.8, 4) is 5.75 Å².